The molecule has 5 heteroatoms. The molecule has 0 aliphatic rings. The van der Waals surface area contributed by atoms with Gasteiger partial charge >= 0.3 is 0 Å². The highest BCUT2D eigenvalue weighted by Gasteiger charge is 2.13. The number of para-hydroxylation sites is 1. The molecular formula is C17H15N3O2. The number of benzene rings is 1. The summed E-state index contributed by atoms with van der Waals surface area (Å²) in [6, 6.07) is 10.2. The van der Waals surface area contributed by atoms with Crippen LogP contribution in [-0.2, 0) is 0 Å². The van der Waals surface area contributed by atoms with Crippen molar-refractivity contribution in [1.29, 1.82) is 0 Å². The SMILES string of the molecule is C#CCNC(=O)c1ccccc1NC(=O)c1ccc(C)nc1. The van der Waals surface area contributed by atoms with Gasteiger partial charge in [-0.05, 0) is 31.2 Å². The van der Waals surface area contributed by atoms with E-state index in [0.717, 1.165) is 5.69 Å². The van der Waals surface area contributed by atoms with Crippen molar-refractivity contribution in [1.82, 2.24) is 10.3 Å². The Labute approximate surface area is 128 Å². The molecule has 0 unspecified atom stereocenters. The van der Waals surface area contributed by atoms with Crippen molar-refractivity contribution in [3.8, 4) is 12.3 Å². The number of aryl methyl sites for hydroxylation is 1. The van der Waals surface area contributed by atoms with Crippen LogP contribution in [0, 0.1) is 19.3 Å². The molecule has 1 heterocycles. The third-order valence-electron chi connectivity index (χ3n) is 2.94. The minimum Gasteiger partial charge on any atom is -0.341 e. The number of nitrogens with zero attached hydrogens (tertiary/aromatic N) is 1. The van der Waals surface area contributed by atoms with Crippen molar-refractivity contribution < 1.29 is 9.59 Å². The monoisotopic (exact) mass is 293 g/mol. The third kappa shape index (κ3) is 3.70. The topological polar surface area (TPSA) is 71.1 Å². The van der Waals surface area contributed by atoms with Gasteiger partial charge in [0.15, 0.2) is 0 Å². The molecule has 0 radical (unpaired) electrons. The minimum absolute atomic E-state index is 0.128. The number of pyridine rings is 1. The Morgan fingerprint density at radius 3 is 2.64 bits per heavy atom. The summed E-state index contributed by atoms with van der Waals surface area (Å²) in [6.45, 7) is 1.97. The molecule has 0 bridgehead atoms. The fourth-order valence-electron chi connectivity index (χ4n) is 1.81. The second-order valence-corrected chi connectivity index (χ2v) is 4.57. The second-order valence-electron chi connectivity index (χ2n) is 4.57. The number of hydrogen-bond donors (Lipinski definition) is 2. The van der Waals surface area contributed by atoms with E-state index in [1.54, 1.807) is 36.4 Å². The van der Waals surface area contributed by atoms with Crippen molar-refractivity contribution in [3.05, 3.63) is 59.4 Å². The lowest BCUT2D eigenvalue weighted by molar-refractivity contribution is 0.0959. The zero-order chi connectivity index (χ0) is 15.9. The molecule has 0 spiro atoms. The molecule has 22 heavy (non-hydrogen) atoms. The molecule has 2 rings (SSSR count). The normalized spacial score (nSPS) is 9.64. The average Bonchev–Trinajstić information content (AvgIpc) is 2.53. The predicted octanol–water partition coefficient (Wildman–Crippen LogP) is 2.01. The Bertz CT molecular complexity index is 730. The van der Waals surface area contributed by atoms with Crippen molar-refractivity contribution in [2.75, 3.05) is 11.9 Å². The first-order chi connectivity index (χ1) is 10.6. The maximum atomic E-state index is 12.2. The van der Waals surface area contributed by atoms with Gasteiger partial charge in [-0.15, -0.1) is 6.42 Å². The molecular weight excluding hydrogens is 278 g/mol. The van der Waals surface area contributed by atoms with Gasteiger partial charge in [-0.1, -0.05) is 18.1 Å². The summed E-state index contributed by atoms with van der Waals surface area (Å²) < 4.78 is 0. The van der Waals surface area contributed by atoms with Gasteiger partial charge in [-0.3, -0.25) is 14.6 Å². The molecule has 5 nitrogen and oxygen atoms in total. The van der Waals surface area contributed by atoms with E-state index in [9.17, 15) is 9.59 Å². The number of amides is 2. The molecule has 0 aliphatic heterocycles. The highest BCUT2D eigenvalue weighted by molar-refractivity contribution is 6.08. The van der Waals surface area contributed by atoms with E-state index in [-0.39, 0.29) is 18.4 Å². The summed E-state index contributed by atoms with van der Waals surface area (Å²) >= 11 is 0. The van der Waals surface area contributed by atoms with E-state index in [1.165, 1.54) is 6.20 Å². The van der Waals surface area contributed by atoms with Gasteiger partial charge in [0.2, 0.25) is 0 Å². The number of nitrogens with one attached hydrogen (secondary N) is 2. The van der Waals surface area contributed by atoms with Crippen LogP contribution in [0.1, 0.15) is 26.4 Å². The van der Waals surface area contributed by atoms with Gasteiger partial charge < -0.3 is 10.6 Å². The molecule has 2 N–H and O–H groups in total. The maximum absolute atomic E-state index is 12.2. The van der Waals surface area contributed by atoms with Crippen LogP contribution < -0.4 is 10.6 Å². The van der Waals surface area contributed by atoms with E-state index in [1.807, 2.05) is 6.92 Å². The summed E-state index contributed by atoms with van der Waals surface area (Å²) in [6.07, 6.45) is 6.61. The molecule has 2 aromatic rings. The lowest BCUT2D eigenvalue weighted by Gasteiger charge is -2.10. The Hall–Kier alpha value is -3.13. The second kappa shape index (κ2) is 7.04. The number of carbonyl (C=O) groups is 2. The Morgan fingerprint density at radius 1 is 1.18 bits per heavy atom. The van der Waals surface area contributed by atoms with Crippen LogP contribution in [0.4, 0.5) is 5.69 Å². The van der Waals surface area contributed by atoms with Gasteiger partial charge in [-0.25, -0.2) is 0 Å². The predicted molar refractivity (Wildman–Crippen MR) is 84.5 cm³/mol. The molecule has 110 valence electrons. The quantitative estimate of drug-likeness (QED) is 0.847. The van der Waals surface area contributed by atoms with Crippen LogP contribution in [0.15, 0.2) is 42.6 Å². The Morgan fingerprint density at radius 2 is 1.95 bits per heavy atom. The standard InChI is InChI=1S/C17H15N3O2/c1-3-10-18-17(22)14-6-4-5-7-15(14)20-16(21)13-9-8-12(2)19-11-13/h1,4-9,11H,10H2,2H3,(H,18,22)(H,20,21). The maximum Gasteiger partial charge on any atom is 0.257 e. The highest BCUT2D eigenvalue weighted by Crippen LogP contribution is 2.16. The molecule has 1 aromatic carbocycles. The molecule has 1 aromatic heterocycles. The third-order valence-corrected chi connectivity index (χ3v) is 2.94. The van der Waals surface area contributed by atoms with Gasteiger partial charge in [0.25, 0.3) is 11.8 Å². The van der Waals surface area contributed by atoms with E-state index < -0.39 is 0 Å². The Balaban J connectivity index is 2.19. The first kappa shape index (κ1) is 15.3. The van der Waals surface area contributed by atoms with E-state index in [0.29, 0.717) is 16.8 Å². The molecule has 2 amide bonds. The van der Waals surface area contributed by atoms with E-state index in [4.69, 9.17) is 6.42 Å². The molecule has 0 saturated heterocycles. The van der Waals surface area contributed by atoms with Crippen molar-refractivity contribution in [3.63, 3.8) is 0 Å². The van der Waals surface area contributed by atoms with Crippen LogP contribution in [-0.4, -0.2) is 23.3 Å². The number of aromatic nitrogens is 1. The summed E-state index contributed by atoms with van der Waals surface area (Å²) in [7, 11) is 0. The highest BCUT2D eigenvalue weighted by atomic mass is 16.2. The molecule has 0 atom stereocenters. The molecule has 0 aliphatic carbocycles. The lowest BCUT2D eigenvalue weighted by Crippen LogP contribution is -2.25. The van der Waals surface area contributed by atoms with Crippen molar-refractivity contribution >= 4 is 17.5 Å². The van der Waals surface area contributed by atoms with Crippen molar-refractivity contribution in [2.24, 2.45) is 0 Å². The fourth-order valence-corrected chi connectivity index (χ4v) is 1.81. The number of terminal acetylenes is 1. The first-order valence-electron chi connectivity index (χ1n) is 6.66. The number of carbonyl (C=O) groups excluding carboxylic acids is 2. The number of hydrogen-bond acceptors (Lipinski definition) is 3. The van der Waals surface area contributed by atoms with Gasteiger partial charge in [0.1, 0.15) is 0 Å². The lowest BCUT2D eigenvalue weighted by atomic mass is 10.1. The summed E-state index contributed by atoms with van der Waals surface area (Å²) in [5.74, 6) is 1.67. The molecule has 0 fully saturated rings. The van der Waals surface area contributed by atoms with Crippen LogP contribution in [0.25, 0.3) is 0 Å². The van der Waals surface area contributed by atoms with Crippen molar-refractivity contribution in [2.45, 2.75) is 6.92 Å². The van der Waals surface area contributed by atoms with Gasteiger partial charge in [-0.2, -0.15) is 0 Å². The van der Waals surface area contributed by atoms with Crippen LogP contribution in [0.5, 0.6) is 0 Å². The largest absolute Gasteiger partial charge is 0.341 e. The average molecular weight is 293 g/mol. The number of rotatable bonds is 4. The summed E-state index contributed by atoms with van der Waals surface area (Å²) in [5.41, 5.74) is 2.02. The van der Waals surface area contributed by atoms with Gasteiger partial charge in [0, 0.05) is 11.9 Å². The Kier molecular flexibility index (Phi) is 4.89. The minimum atomic E-state index is -0.337. The number of anilines is 1. The first-order valence-corrected chi connectivity index (χ1v) is 6.66. The van der Waals surface area contributed by atoms with Crippen LogP contribution in [0.2, 0.25) is 0 Å². The zero-order valence-electron chi connectivity index (χ0n) is 12.1. The van der Waals surface area contributed by atoms with Crippen LogP contribution >= 0.6 is 0 Å². The zero-order valence-corrected chi connectivity index (χ0v) is 12.1. The van der Waals surface area contributed by atoms with Gasteiger partial charge in [0.05, 0.1) is 23.4 Å². The smallest absolute Gasteiger partial charge is 0.257 e. The van der Waals surface area contributed by atoms with E-state index >= 15 is 0 Å². The summed E-state index contributed by atoms with van der Waals surface area (Å²) in [5, 5.41) is 5.28. The molecule has 0 saturated carbocycles. The van der Waals surface area contributed by atoms with E-state index in [2.05, 4.69) is 21.5 Å². The fraction of sp³-hybridized carbons (Fsp3) is 0.118. The summed E-state index contributed by atoms with van der Waals surface area (Å²) in [4.78, 5) is 28.3. The van der Waals surface area contributed by atoms with Crippen LogP contribution in [0.3, 0.4) is 0 Å².